The van der Waals surface area contributed by atoms with Gasteiger partial charge in [0, 0.05) is 25.7 Å². The molecule has 0 fully saturated rings. The number of hydrogen-bond donors (Lipinski definition) is 1. The number of rotatable bonds is 2. The van der Waals surface area contributed by atoms with E-state index in [1.807, 2.05) is 13.0 Å². The fraction of sp³-hybridized carbons (Fsp3) is 0.0833. The third-order valence-corrected chi connectivity index (χ3v) is 3.01. The Kier molecular flexibility index (Phi) is 2.90. The Balaban J connectivity index is 2.68. The smallest absolute Gasteiger partial charge is 0.142 e. The molecule has 15 heavy (non-hydrogen) atoms. The topological polar surface area (TPSA) is 32.9 Å². The van der Waals surface area contributed by atoms with E-state index in [9.17, 15) is 4.79 Å². The standard InChI is InChI=1S/C12H10INO/c1-8-10(3-2-6-15)11-5-4-9(13)7-12(11)14-8/h2-7,14H,1H3/b3-2+. The Bertz CT molecular complexity index is 540. The number of H-pyrrole nitrogens is 1. The summed E-state index contributed by atoms with van der Waals surface area (Å²) in [5, 5.41) is 1.16. The largest absolute Gasteiger partial charge is 0.358 e. The second-order valence-electron chi connectivity index (χ2n) is 3.35. The molecular formula is C12H10INO. The molecule has 0 aliphatic rings. The number of aldehydes is 1. The summed E-state index contributed by atoms with van der Waals surface area (Å²) in [5.41, 5.74) is 3.29. The van der Waals surface area contributed by atoms with Gasteiger partial charge in [0.2, 0.25) is 0 Å². The van der Waals surface area contributed by atoms with Crippen molar-refractivity contribution in [3.63, 3.8) is 0 Å². The van der Waals surface area contributed by atoms with Gasteiger partial charge in [-0.1, -0.05) is 6.07 Å². The van der Waals surface area contributed by atoms with Crippen LogP contribution in [0.2, 0.25) is 0 Å². The summed E-state index contributed by atoms with van der Waals surface area (Å²) >= 11 is 2.28. The van der Waals surface area contributed by atoms with Crippen LogP contribution in [-0.4, -0.2) is 11.3 Å². The monoisotopic (exact) mass is 311 g/mol. The maximum Gasteiger partial charge on any atom is 0.142 e. The number of hydrogen-bond acceptors (Lipinski definition) is 1. The van der Waals surface area contributed by atoms with Gasteiger partial charge in [-0.3, -0.25) is 4.79 Å². The normalized spacial score (nSPS) is 11.3. The third-order valence-electron chi connectivity index (χ3n) is 2.34. The average Bonchev–Trinajstić information content (AvgIpc) is 2.50. The molecule has 0 bridgehead atoms. The third kappa shape index (κ3) is 1.97. The second-order valence-corrected chi connectivity index (χ2v) is 4.59. The number of carbonyl (C=O) groups excluding carboxylic acids is 1. The first-order valence-corrected chi connectivity index (χ1v) is 5.70. The number of aromatic amines is 1. The Morgan fingerprint density at radius 2 is 2.20 bits per heavy atom. The Labute approximate surface area is 102 Å². The van der Waals surface area contributed by atoms with Gasteiger partial charge in [0.05, 0.1) is 0 Å². The van der Waals surface area contributed by atoms with Gasteiger partial charge in [-0.05, 0) is 53.8 Å². The molecule has 0 radical (unpaired) electrons. The predicted molar refractivity (Wildman–Crippen MR) is 70.9 cm³/mol. The van der Waals surface area contributed by atoms with Gasteiger partial charge in [0.1, 0.15) is 6.29 Å². The minimum atomic E-state index is 0.797. The van der Waals surface area contributed by atoms with Crippen molar-refractivity contribution in [2.75, 3.05) is 0 Å². The summed E-state index contributed by atoms with van der Waals surface area (Å²) in [5.74, 6) is 0. The van der Waals surface area contributed by atoms with Gasteiger partial charge < -0.3 is 4.98 Å². The van der Waals surface area contributed by atoms with E-state index in [-0.39, 0.29) is 0 Å². The zero-order chi connectivity index (χ0) is 10.8. The second kappa shape index (κ2) is 4.18. The van der Waals surface area contributed by atoms with Crippen LogP contribution in [-0.2, 0) is 4.79 Å². The lowest BCUT2D eigenvalue weighted by molar-refractivity contribution is -0.104. The average molecular weight is 311 g/mol. The van der Waals surface area contributed by atoms with Crippen molar-refractivity contribution < 1.29 is 4.79 Å². The first-order chi connectivity index (χ1) is 7.22. The van der Waals surface area contributed by atoms with Crippen LogP contribution in [0.5, 0.6) is 0 Å². The van der Waals surface area contributed by atoms with Crippen molar-refractivity contribution in [1.82, 2.24) is 4.98 Å². The fourth-order valence-electron chi connectivity index (χ4n) is 1.68. The van der Waals surface area contributed by atoms with Gasteiger partial charge >= 0.3 is 0 Å². The highest BCUT2D eigenvalue weighted by Gasteiger charge is 2.05. The highest BCUT2D eigenvalue weighted by Crippen LogP contribution is 2.24. The lowest BCUT2D eigenvalue weighted by Gasteiger charge is -1.93. The summed E-state index contributed by atoms with van der Waals surface area (Å²) in [6.45, 7) is 2.01. The molecule has 1 aromatic heterocycles. The lowest BCUT2D eigenvalue weighted by Crippen LogP contribution is -1.74. The van der Waals surface area contributed by atoms with E-state index in [4.69, 9.17) is 0 Å². The molecule has 0 amide bonds. The Morgan fingerprint density at radius 3 is 2.93 bits per heavy atom. The molecule has 1 N–H and O–H groups in total. The number of benzene rings is 1. The van der Waals surface area contributed by atoms with Gasteiger partial charge in [0.25, 0.3) is 0 Å². The maximum absolute atomic E-state index is 10.3. The Hall–Kier alpha value is -1.10. The highest BCUT2D eigenvalue weighted by atomic mass is 127. The van der Waals surface area contributed by atoms with Gasteiger partial charge in [-0.2, -0.15) is 0 Å². The summed E-state index contributed by atoms with van der Waals surface area (Å²) in [7, 11) is 0. The van der Waals surface area contributed by atoms with Crippen LogP contribution >= 0.6 is 22.6 Å². The molecule has 1 aromatic carbocycles. The number of nitrogens with one attached hydrogen (secondary N) is 1. The molecule has 0 aliphatic carbocycles. The van der Waals surface area contributed by atoms with Crippen LogP contribution in [0.4, 0.5) is 0 Å². The molecule has 0 saturated carbocycles. The summed E-state index contributed by atoms with van der Waals surface area (Å²) in [6.07, 6.45) is 4.16. The SMILES string of the molecule is Cc1[nH]c2cc(I)ccc2c1/C=C/C=O. The van der Waals surface area contributed by atoms with Crippen LogP contribution in [0.15, 0.2) is 24.3 Å². The van der Waals surface area contributed by atoms with Crippen LogP contribution in [0, 0.1) is 10.5 Å². The van der Waals surface area contributed by atoms with Gasteiger partial charge in [-0.25, -0.2) is 0 Å². The number of fused-ring (bicyclic) bond motifs is 1. The van der Waals surface area contributed by atoms with Crippen molar-refractivity contribution in [3.05, 3.63) is 39.1 Å². The molecule has 76 valence electrons. The first-order valence-electron chi connectivity index (χ1n) is 4.62. The van der Waals surface area contributed by atoms with E-state index in [0.29, 0.717) is 0 Å². The molecule has 1 heterocycles. The highest BCUT2D eigenvalue weighted by molar-refractivity contribution is 14.1. The van der Waals surface area contributed by atoms with Crippen molar-refractivity contribution in [3.8, 4) is 0 Å². The Morgan fingerprint density at radius 1 is 1.40 bits per heavy atom. The number of allylic oxidation sites excluding steroid dienone is 1. The van der Waals surface area contributed by atoms with Crippen LogP contribution < -0.4 is 0 Å². The van der Waals surface area contributed by atoms with Crippen molar-refractivity contribution in [1.29, 1.82) is 0 Å². The molecule has 0 saturated heterocycles. The van der Waals surface area contributed by atoms with Gasteiger partial charge in [-0.15, -0.1) is 0 Å². The van der Waals surface area contributed by atoms with E-state index in [0.717, 1.165) is 28.4 Å². The first kappa shape index (κ1) is 10.4. The molecular weight excluding hydrogens is 301 g/mol. The summed E-state index contributed by atoms with van der Waals surface area (Å²) < 4.78 is 1.20. The minimum Gasteiger partial charge on any atom is -0.358 e. The minimum absolute atomic E-state index is 0.797. The van der Waals surface area contributed by atoms with Crippen LogP contribution in [0.3, 0.4) is 0 Å². The van der Waals surface area contributed by atoms with E-state index in [1.54, 1.807) is 0 Å². The number of carbonyl (C=O) groups is 1. The quantitative estimate of drug-likeness (QED) is 0.515. The fourth-order valence-corrected chi connectivity index (χ4v) is 2.17. The van der Waals surface area contributed by atoms with Crippen molar-refractivity contribution >= 4 is 45.9 Å². The molecule has 0 aliphatic heterocycles. The van der Waals surface area contributed by atoms with E-state index in [2.05, 4.69) is 45.8 Å². The molecule has 2 rings (SSSR count). The number of halogens is 1. The summed E-state index contributed by atoms with van der Waals surface area (Å²) in [6, 6.07) is 6.24. The zero-order valence-corrected chi connectivity index (χ0v) is 10.4. The van der Waals surface area contributed by atoms with Crippen LogP contribution in [0.25, 0.3) is 17.0 Å². The zero-order valence-electron chi connectivity index (χ0n) is 8.25. The van der Waals surface area contributed by atoms with Crippen molar-refractivity contribution in [2.45, 2.75) is 6.92 Å². The molecule has 2 aromatic rings. The van der Waals surface area contributed by atoms with Gasteiger partial charge in [0.15, 0.2) is 0 Å². The molecule has 3 heteroatoms. The molecule has 0 unspecified atom stereocenters. The number of aryl methyl sites for hydroxylation is 1. The van der Waals surface area contributed by atoms with Crippen molar-refractivity contribution in [2.24, 2.45) is 0 Å². The lowest BCUT2D eigenvalue weighted by atomic mass is 10.1. The molecule has 2 nitrogen and oxygen atoms in total. The van der Waals surface area contributed by atoms with E-state index in [1.165, 1.54) is 9.65 Å². The molecule has 0 spiro atoms. The van der Waals surface area contributed by atoms with E-state index < -0.39 is 0 Å². The maximum atomic E-state index is 10.3. The molecule has 0 atom stereocenters. The van der Waals surface area contributed by atoms with E-state index >= 15 is 0 Å². The summed E-state index contributed by atoms with van der Waals surface area (Å²) in [4.78, 5) is 13.6. The number of aromatic nitrogens is 1. The predicted octanol–water partition coefficient (Wildman–Crippen LogP) is 3.29. The van der Waals surface area contributed by atoms with Crippen LogP contribution in [0.1, 0.15) is 11.3 Å².